The Hall–Kier alpha value is -0.250. The van der Waals surface area contributed by atoms with Crippen molar-refractivity contribution in [2.24, 2.45) is 35.0 Å². The Morgan fingerprint density at radius 1 is 1.29 bits per heavy atom. The van der Waals surface area contributed by atoms with Gasteiger partial charge in [-0.3, -0.25) is 0 Å². The minimum Gasteiger partial charge on any atom is -0.381 e. The van der Waals surface area contributed by atoms with E-state index in [-0.39, 0.29) is 17.8 Å². The van der Waals surface area contributed by atoms with Crippen molar-refractivity contribution in [1.29, 1.82) is 0 Å². The molecule has 0 heterocycles. The molecule has 0 saturated heterocycles. The van der Waals surface area contributed by atoms with Crippen molar-refractivity contribution in [1.82, 2.24) is 0 Å². The van der Waals surface area contributed by atoms with Crippen LogP contribution in [0.1, 0.15) is 60.3 Å². The molecule has 2 aliphatic rings. The fourth-order valence-corrected chi connectivity index (χ4v) is 5.74. The maximum atomic E-state index is 13.0. The van der Waals surface area contributed by atoms with Crippen LogP contribution in [0, 0.1) is 35.0 Å². The highest BCUT2D eigenvalue weighted by molar-refractivity contribution is 5.10. The summed E-state index contributed by atoms with van der Waals surface area (Å²) < 4.78 is 39.0. The van der Waals surface area contributed by atoms with Gasteiger partial charge in [0.15, 0.2) is 5.60 Å². The lowest BCUT2D eigenvalue weighted by molar-refractivity contribution is -0.262. The van der Waals surface area contributed by atoms with Gasteiger partial charge in [-0.25, -0.2) is 0 Å². The predicted molar refractivity (Wildman–Crippen MR) is 77.7 cm³/mol. The molecular formula is C17H29F3O. The number of hydrogen-bond acceptors (Lipinski definition) is 1. The summed E-state index contributed by atoms with van der Waals surface area (Å²) in [7, 11) is 0. The van der Waals surface area contributed by atoms with E-state index in [0.29, 0.717) is 23.7 Å². The van der Waals surface area contributed by atoms with Crippen LogP contribution < -0.4 is 0 Å². The van der Waals surface area contributed by atoms with Crippen molar-refractivity contribution < 1.29 is 18.3 Å². The van der Waals surface area contributed by atoms with Gasteiger partial charge in [-0.15, -0.1) is 0 Å². The average molecular weight is 306 g/mol. The summed E-state index contributed by atoms with van der Waals surface area (Å²) in [5.74, 6) is 2.19. The highest BCUT2D eigenvalue weighted by Gasteiger charge is 2.62. The number of aliphatic hydroxyl groups is 1. The second-order valence-corrected chi connectivity index (χ2v) is 8.07. The van der Waals surface area contributed by atoms with Crippen LogP contribution in [0.3, 0.4) is 0 Å². The molecule has 124 valence electrons. The van der Waals surface area contributed by atoms with E-state index in [1.807, 2.05) is 0 Å². The van der Waals surface area contributed by atoms with Crippen molar-refractivity contribution in [3.8, 4) is 0 Å². The molecule has 2 aliphatic carbocycles. The predicted octanol–water partition coefficient (Wildman–Crippen LogP) is 5.03. The van der Waals surface area contributed by atoms with Crippen molar-refractivity contribution in [2.45, 2.75) is 72.1 Å². The zero-order valence-corrected chi connectivity index (χ0v) is 13.8. The Kier molecular flexibility index (Phi) is 4.19. The van der Waals surface area contributed by atoms with E-state index in [9.17, 15) is 18.3 Å². The standard InChI is InChI=1S/C17H29F3O/c1-6-16-8-12(14(10(2)3)11(16)4)7-13(16)9-15(5,21)17(18,19)20/h10-14,21H,6-9H2,1-5H3. The highest BCUT2D eigenvalue weighted by Crippen LogP contribution is 2.68. The fourth-order valence-electron chi connectivity index (χ4n) is 5.74. The van der Waals surface area contributed by atoms with Gasteiger partial charge >= 0.3 is 6.18 Å². The van der Waals surface area contributed by atoms with Gasteiger partial charge in [-0.1, -0.05) is 27.7 Å². The molecule has 21 heavy (non-hydrogen) atoms. The summed E-state index contributed by atoms with van der Waals surface area (Å²) in [6.07, 6.45) is -1.85. The molecular weight excluding hydrogens is 277 g/mol. The van der Waals surface area contributed by atoms with Crippen molar-refractivity contribution in [2.75, 3.05) is 0 Å². The minimum absolute atomic E-state index is 0.00512. The Labute approximate surface area is 126 Å². The molecule has 0 aromatic rings. The summed E-state index contributed by atoms with van der Waals surface area (Å²) in [5, 5.41) is 9.89. The maximum absolute atomic E-state index is 13.0. The number of fused-ring (bicyclic) bond motifs is 2. The SMILES string of the molecule is CCC12CC(CC1CC(C)(O)C(F)(F)F)C(C(C)C)C2C. The lowest BCUT2D eigenvalue weighted by Crippen LogP contribution is -2.47. The molecule has 6 unspecified atom stereocenters. The first-order valence-electron chi connectivity index (χ1n) is 8.25. The topological polar surface area (TPSA) is 20.2 Å². The summed E-state index contributed by atoms with van der Waals surface area (Å²) in [6.45, 7) is 9.73. The number of alkyl halides is 3. The van der Waals surface area contributed by atoms with Gasteiger partial charge in [0.05, 0.1) is 0 Å². The van der Waals surface area contributed by atoms with Crippen LogP contribution in [0.5, 0.6) is 0 Å². The summed E-state index contributed by atoms with van der Waals surface area (Å²) in [6, 6.07) is 0. The van der Waals surface area contributed by atoms with Crippen LogP contribution in [0.15, 0.2) is 0 Å². The Morgan fingerprint density at radius 2 is 1.86 bits per heavy atom. The van der Waals surface area contributed by atoms with Gasteiger partial charge < -0.3 is 5.11 Å². The second kappa shape index (κ2) is 5.14. The quantitative estimate of drug-likeness (QED) is 0.772. The first kappa shape index (κ1) is 17.1. The Morgan fingerprint density at radius 3 is 2.29 bits per heavy atom. The van der Waals surface area contributed by atoms with E-state index >= 15 is 0 Å². The Bertz CT molecular complexity index is 388. The molecule has 1 N–H and O–H groups in total. The lowest BCUT2D eigenvalue weighted by Gasteiger charge is -2.46. The first-order valence-corrected chi connectivity index (χ1v) is 8.25. The fraction of sp³-hybridized carbons (Fsp3) is 1.00. The summed E-state index contributed by atoms with van der Waals surface area (Å²) in [4.78, 5) is 0. The molecule has 0 amide bonds. The largest absolute Gasteiger partial charge is 0.416 e. The number of rotatable bonds is 4. The summed E-state index contributed by atoms with van der Waals surface area (Å²) >= 11 is 0. The van der Waals surface area contributed by atoms with Gasteiger partial charge in [0.2, 0.25) is 0 Å². The van der Waals surface area contributed by atoms with E-state index in [4.69, 9.17) is 0 Å². The highest BCUT2D eigenvalue weighted by atomic mass is 19.4. The van der Waals surface area contributed by atoms with Gasteiger partial charge in [0.25, 0.3) is 0 Å². The van der Waals surface area contributed by atoms with Crippen LogP contribution in [0.2, 0.25) is 0 Å². The molecule has 2 saturated carbocycles. The second-order valence-electron chi connectivity index (χ2n) is 8.07. The summed E-state index contributed by atoms with van der Waals surface area (Å²) in [5.41, 5.74) is -2.56. The minimum atomic E-state index is -4.54. The molecule has 0 radical (unpaired) electrons. The zero-order chi connectivity index (χ0) is 16.2. The molecule has 1 nitrogen and oxygen atoms in total. The molecule has 2 fully saturated rings. The molecule has 6 atom stereocenters. The smallest absolute Gasteiger partial charge is 0.381 e. The van der Waals surface area contributed by atoms with Crippen LogP contribution in [-0.2, 0) is 0 Å². The molecule has 4 heteroatoms. The average Bonchev–Trinajstić information content (AvgIpc) is 2.79. The molecule has 0 aromatic carbocycles. The maximum Gasteiger partial charge on any atom is 0.416 e. The van der Waals surface area contributed by atoms with Crippen LogP contribution in [-0.4, -0.2) is 16.9 Å². The van der Waals surface area contributed by atoms with Crippen molar-refractivity contribution in [3.05, 3.63) is 0 Å². The molecule has 0 aliphatic heterocycles. The van der Waals surface area contributed by atoms with E-state index < -0.39 is 11.8 Å². The monoisotopic (exact) mass is 306 g/mol. The zero-order valence-electron chi connectivity index (χ0n) is 13.8. The number of halogens is 3. The molecule has 0 aromatic heterocycles. The number of hydrogen-bond donors (Lipinski definition) is 1. The van der Waals surface area contributed by atoms with Gasteiger partial charge in [0, 0.05) is 0 Å². The van der Waals surface area contributed by atoms with E-state index in [1.165, 1.54) is 0 Å². The van der Waals surface area contributed by atoms with E-state index in [1.54, 1.807) is 0 Å². The van der Waals surface area contributed by atoms with E-state index in [0.717, 1.165) is 26.2 Å². The van der Waals surface area contributed by atoms with E-state index in [2.05, 4.69) is 27.7 Å². The van der Waals surface area contributed by atoms with Crippen molar-refractivity contribution >= 4 is 0 Å². The normalized spacial score (nSPS) is 42.6. The first-order chi connectivity index (χ1) is 9.46. The lowest BCUT2D eigenvalue weighted by atomic mass is 9.60. The molecule has 2 bridgehead atoms. The third-order valence-electron chi connectivity index (χ3n) is 6.75. The molecule has 0 spiro atoms. The third kappa shape index (κ3) is 2.51. The van der Waals surface area contributed by atoms with Gasteiger partial charge in [0.1, 0.15) is 0 Å². The van der Waals surface area contributed by atoms with Crippen LogP contribution >= 0.6 is 0 Å². The van der Waals surface area contributed by atoms with Crippen LogP contribution in [0.25, 0.3) is 0 Å². The third-order valence-corrected chi connectivity index (χ3v) is 6.75. The van der Waals surface area contributed by atoms with Gasteiger partial charge in [-0.05, 0) is 67.6 Å². The Balaban J connectivity index is 2.22. The molecule has 2 rings (SSSR count). The van der Waals surface area contributed by atoms with Gasteiger partial charge in [-0.2, -0.15) is 13.2 Å². The van der Waals surface area contributed by atoms with Crippen molar-refractivity contribution in [3.63, 3.8) is 0 Å². The van der Waals surface area contributed by atoms with Crippen LogP contribution in [0.4, 0.5) is 13.2 Å².